The predicted octanol–water partition coefficient (Wildman–Crippen LogP) is 5.75. The fourth-order valence-corrected chi connectivity index (χ4v) is 7.23. The number of hydrogen-bond donors (Lipinski definition) is 1. The lowest BCUT2D eigenvalue weighted by Gasteiger charge is -2.55. The van der Waals surface area contributed by atoms with Crippen molar-refractivity contribution in [3.05, 3.63) is 41.3 Å². The van der Waals surface area contributed by atoms with Crippen LogP contribution in [0.4, 0.5) is 5.69 Å². The van der Waals surface area contributed by atoms with Gasteiger partial charge in [0, 0.05) is 4.88 Å². The fraction of sp³-hybridized carbons (Fsp3) is 0.500. The maximum atomic E-state index is 13.5. The Labute approximate surface area is 175 Å². The molecule has 4 aliphatic carbocycles. The van der Waals surface area contributed by atoms with Crippen molar-refractivity contribution in [2.24, 2.45) is 23.2 Å². The van der Waals surface area contributed by atoms with E-state index in [2.05, 4.69) is 5.32 Å². The second-order valence-electron chi connectivity index (χ2n) is 9.09. The van der Waals surface area contributed by atoms with E-state index in [0.29, 0.717) is 34.9 Å². The summed E-state index contributed by atoms with van der Waals surface area (Å²) in [6.45, 7) is 2.12. The van der Waals surface area contributed by atoms with E-state index in [0.717, 1.165) is 29.7 Å². The molecule has 29 heavy (non-hydrogen) atoms. The highest BCUT2D eigenvalue weighted by Gasteiger charge is 2.54. The van der Waals surface area contributed by atoms with Crippen LogP contribution in [-0.2, 0) is 9.53 Å². The number of rotatable bonds is 5. The lowest BCUT2D eigenvalue weighted by molar-refractivity contribution is -0.140. The second kappa shape index (κ2) is 7.28. The van der Waals surface area contributed by atoms with Gasteiger partial charge in [-0.05, 0) is 74.8 Å². The molecule has 152 valence electrons. The molecule has 1 aromatic carbocycles. The number of carbonyl (C=O) groups is 2. The van der Waals surface area contributed by atoms with E-state index < -0.39 is 0 Å². The molecular weight excluding hydrogens is 382 g/mol. The highest BCUT2D eigenvalue weighted by atomic mass is 32.1. The number of ether oxygens (including phenoxy) is 1. The Morgan fingerprint density at radius 2 is 1.69 bits per heavy atom. The summed E-state index contributed by atoms with van der Waals surface area (Å²) in [4.78, 5) is 27.5. The smallest absolute Gasteiger partial charge is 0.350 e. The zero-order chi connectivity index (χ0) is 20.0. The van der Waals surface area contributed by atoms with Crippen molar-refractivity contribution < 1.29 is 14.3 Å². The molecule has 0 aliphatic heterocycles. The summed E-state index contributed by atoms with van der Waals surface area (Å²) >= 11 is 1.39. The Hall–Kier alpha value is -2.14. The summed E-state index contributed by atoms with van der Waals surface area (Å²) in [6, 6.07) is 11.9. The van der Waals surface area contributed by atoms with Crippen LogP contribution in [0.1, 0.15) is 55.1 Å². The summed E-state index contributed by atoms with van der Waals surface area (Å²) in [7, 11) is 0. The van der Waals surface area contributed by atoms with Gasteiger partial charge in [0.2, 0.25) is 5.91 Å². The Kier molecular flexibility index (Phi) is 4.73. The molecule has 1 N–H and O–H groups in total. The van der Waals surface area contributed by atoms with E-state index >= 15 is 0 Å². The Bertz CT molecular complexity index is 898. The maximum Gasteiger partial charge on any atom is 0.350 e. The number of anilines is 1. The standard InChI is InChI=1S/C24H27NO3S/c1-2-28-22(26)21-19(11-20(29-21)18-6-4-3-5-7-18)25-23(27)24-12-15-8-16(13-24)10-17(9-15)14-24/h3-7,11,15-17H,2,8-10,12-14H2,1H3,(H,25,27). The topological polar surface area (TPSA) is 55.4 Å². The predicted molar refractivity (Wildman–Crippen MR) is 115 cm³/mol. The van der Waals surface area contributed by atoms with Gasteiger partial charge in [-0.1, -0.05) is 30.3 Å². The molecule has 6 rings (SSSR count). The fourth-order valence-electron chi connectivity index (χ4n) is 6.22. The Morgan fingerprint density at radius 3 is 2.28 bits per heavy atom. The molecule has 4 nitrogen and oxygen atoms in total. The van der Waals surface area contributed by atoms with Gasteiger partial charge in [0.25, 0.3) is 0 Å². The van der Waals surface area contributed by atoms with Gasteiger partial charge < -0.3 is 10.1 Å². The maximum absolute atomic E-state index is 13.5. The van der Waals surface area contributed by atoms with Crippen LogP contribution in [0.2, 0.25) is 0 Å². The average molecular weight is 410 g/mol. The highest BCUT2D eigenvalue weighted by Crippen LogP contribution is 2.60. The molecule has 0 atom stereocenters. The van der Waals surface area contributed by atoms with Gasteiger partial charge in [-0.3, -0.25) is 4.79 Å². The zero-order valence-corrected chi connectivity index (χ0v) is 17.6. The van der Waals surface area contributed by atoms with E-state index in [4.69, 9.17) is 4.74 Å². The van der Waals surface area contributed by atoms with E-state index in [1.165, 1.54) is 30.6 Å². The third-order valence-electron chi connectivity index (χ3n) is 7.02. The van der Waals surface area contributed by atoms with Crippen LogP contribution >= 0.6 is 11.3 Å². The quantitative estimate of drug-likeness (QED) is 0.640. The second-order valence-corrected chi connectivity index (χ2v) is 10.1. The molecule has 4 bridgehead atoms. The largest absolute Gasteiger partial charge is 0.462 e. The molecule has 2 aromatic rings. The lowest BCUT2D eigenvalue weighted by atomic mass is 9.49. The number of hydrogen-bond acceptors (Lipinski definition) is 4. The van der Waals surface area contributed by atoms with Gasteiger partial charge in [0.15, 0.2) is 0 Å². The summed E-state index contributed by atoms with van der Waals surface area (Å²) in [5, 5.41) is 3.17. The minimum Gasteiger partial charge on any atom is -0.462 e. The van der Waals surface area contributed by atoms with Crippen molar-refractivity contribution >= 4 is 28.9 Å². The van der Waals surface area contributed by atoms with E-state index in [-0.39, 0.29) is 17.3 Å². The van der Waals surface area contributed by atoms with Crippen molar-refractivity contribution in [1.29, 1.82) is 0 Å². The molecule has 0 unspecified atom stereocenters. The molecular formula is C24H27NO3S. The van der Waals surface area contributed by atoms with Gasteiger partial charge in [-0.15, -0.1) is 11.3 Å². The molecule has 5 heteroatoms. The van der Waals surface area contributed by atoms with Crippen LogP contribution in [0.15, 0.2) is 36.4 Å². The van der Waals surface area contributed by atoms with E-state index in [1.54, 1.807) is 6.92 Å². The molecule has 0 saturated heterocycles. The van der Waals surface area contributed by atoms with Crippen LogP contribution in [-0.4, -0.2) is 18.5 Å². The van der Waals surface area contributed by atoms with Gasteiger partial charge >= 0.3 is 5.97 Å². The van der Waals surface area contributed by atoms with Gasteiger partial charge in [0.05, 0.1) is 17.7 Å². The molecule has 1 aromatic heterocycles. The number of carbonyl (C=O) groups excluding carboxylic acids is 2. The summed E-state index contributed by atoms with van der Waals surface area (Å²) in [5.41, 5.74) is 1.40. The van der Waals surface area contributed by atoms with E-state index in [1.807, 2.05) is 36.4 Å². The Morgan fingerprint density at radius 1 is 1.07 bits per heavy atom. The lowest BCUT2D eigenvalue weighted by Crippen LogP contribution is -2.51. The third kappa shape index (κ3) is 3.39. The average Bonchev–Trinajstić information content (AvgIpc) is 3.12. The number of esters is 1. The summed E-state index contributed by atoms with van der Waals surface area (Å²) in [6.07, 6.45) is 6.94. The molecule has 1 heterocycles. The van der Waals surface area contributed by atoms with Crippen molar-refractivity contribution in [2.45, 2.75) is 45.4 Å². The SMILES string of the molecule is CCOC(=O)c1sc(-c2ccccc2)cc1NC(=O)C12CC3CC(CC(C3)C1)C2. The molecule has 4 saturated carbocycles. The van der Waals surface area contributed by atoms with Crippen LogP contribution < -0.4 is 5.32 Å². The monoisotopic (exact) mass is 409 g/mol. The normalized spacial score (nSPS) is 29.6. The van der Waals surface area contributed by atoms with Crippen molar-refractivity contribution in [1.82, 2.24) is 0 Å². The molecule has 0 radical (unpaired) electrons. The first-order chi connectivity index (χ1) is 14.1. The van der Waals surface area contributed by atoms with Gasteiger partial charge in [-0.2, -0.15) is 0 Å². The zero-order valence-electron chi connectivity index (χ0n) is 16.8. The first-order valence-electron chi connectivity index (χ1n) is 10.7. The Balaban J connectivity index is 1.45. The van der Waals surface area contributed by atoms with Crippen LogP contribution in [0.3, 0.4) is 0 Å². The van der Waals surface area contributed by atoms with Crippen LogP contribution in [0, 0.1) is 23.2 Å². The van der Waals surface area contributed by atoms with Crippen molar-refractivity contribution in [2.75, 3.05) is 11.9 Å². The van der Waals surface area contributed by atoms with Crippen molar-refractivity contribution in [3.63, 3.8) is 0 Å². The van der Waals surface area contributed by atoms with Gasteiger partial charge in [0.1, 0.15) is 4.88 Å². The number of nitrogens with one attached hydrogen (secondary N) is 1. The van der Waals surface area contributed by atoms with E-state index in [9.17, 15) is 9.59 Å². The molecule has 4 fully saturated rings. The highest BCUT2D eigenvalue weighted by molar-refractivity contribution is 7.18. The van der Waals surface area contributed by atoms with Crippen molar-refractivity contribution in [3.8, 4) is 10.4 Å². The molecule has 1 amide bonds. The van der Waals surface area contributed by atoms with Gasteiger partial charge in [-0.25, -0.2) is 4.79 Å². The summed E-state index contributed by atoms with van der Waals surface area (Å²) < 4.78 is 5.27. The van der Waals surface area contributed by atoms with Crippen LogP contribution in [0.5, 0.6) is 0 Å². The molecule has 0 spiro atoms. The molecule has 4 aliphatic rings. The first kappa shape index (κ1) is 18.9. The minimum absolute atomic E-state index is 0.111. The third-order valence-corrected chi connectivity index (χ3v) is 8.18. The number of benzene rings is 1. The van der Waals surface area contributed by atoms with Crippen LogP contribution in [0.25, 0.3) is 10.4 Å². The minimum atomic E-state index is -0.361. The summed E-state index contributed by atoms with van der Waals surface area (Å²) in [5.74, 6) is 1.87. The first-order valence-corrected chi connectivity index (χ1v) is 11.6. The number of amides is 1. The number of thiophene rings is 1.